The minimum absolute atomic E-state index is 0.0743. The van der Waals surface area contributed by atoms with Gasteiger partial charge in [-0.05, 0) is 44.4 Å². The summed E-state index contributed by atoms with van der Waals surface area (Å²) in [7, 11) is 2.01. The average molecular weight is 416 g/mol. The second kappa shape index (κ2) is 10.4. The number of aryl methyl sites for hydroxylation is 1. The predicted octanol–water partition coefficient (Wildman–Crippen LogP) is 3.17. The minimum Gasteiger partial charge on any atom is -0.368 e. The molecule has 1 aliphatic heterocycles. The molecule has 0 saturated carbocycles. The number of nitrogens with one attached hydrogen (secondary N) is 2. The molecule has 0 radical (unpaired) electrons. The Bertz CT molecular complexity index is 845. The molecule has 7 nitrogen and oxygen atoms in total. The summed E-state index contributed by atoms with van der Waals surface area (Å²) in [6.45, 7) is 6.74. The molecule has 1 fully saturated rings. The van der Waals surface area contributed by atoms with Crippen molar-refractivity contribution in [1.29, 1.82) is 0 Å². The van der Waals surface area contributed by atoms with Crippen LogP contribution in [-0.2, 0) is 22.6 Å². The summed E-state index contributed by atoms with van der Waals surface area (Å²) in [5.74, 6) is 0.752. The van der Waals surface area contributed by atoms with Crippen LogP contribution in [0.3, 0.4) is 0 Å². The van der Waals surface area contributed by atoms with Crippen molar-refractivity contribution in [2.45, 2.75) is 45.9 Å². The Morgan fingerprint density at radius 3 is 3.00 bits per heavy atom. The molecule has 1 aromatic heterocycles. The van der Waals surface area contributed by atoms with Gasteiger partial charge in [0.2, 0.25) is 0 Å². The van der Waals surface area contributed by atoms with Gasteiger partial charge in [-0.3, -0.25) is 4.79 Å². The fraction of sp³-hybridized carbons (Fsp3) is 0.476. The number of carbonyl (C=O) groups excluding carboxylic acids is 1. The van der Waals surface area contributed by atoms with Crippen molar-refractivity contribution in [1.82, 2.24) is 15.2 Å². The first-order valence-corrected chi connectivity index (χ1v) is 10.8. The number of thiazole rings is 1. The summed E-state index contributed by atoms with van der Waals surface area (Å²) in [6.07, 6.45) is 1.39. The largest absolute Gasteiger partial charge is 0.368 e. The molecule has 1 aliphatic rings. The van der Waals surface area contributed by atoms with E-state index in [-0.39, 0.29) is 12.0 Å². The number of hydrogen-bond donors (Lipinski definition) is 2. The lowest BCUT2D eigenvalue weighted by Gasteiger charge is -2.21. The molecule has 0 bridgehead atoms. The Balaban J connectivity index is 1.63. The molecule has 2 aromatic rings. The van der Waals surface area contributed by atoms with Crippen molar-refractivity contribution < 1.29 is 9.53 Å². The van der Waals surface area contributed by atoms with E-state index in [9.17, 15) is 4.79 Å². The third-order valence-corrected chi connectivity index (χ3v) is 5.41. The standard InChI is InChI=1S/C21H29N5O2S/c1-4-22-21(26(3)13-18-14-29-15(2)24-18)23-12-16-7-5-8-17(11-16)25-20(27)19-9-6-10-28-19/h5,7-8,11,14,19H,4,6,9-10,12-13H2,1-3H3,(H,22,23)(H,25,27). The average Bonchev–Trinajstić information content (AvgIpc) is 3.37. The number of carbonyl (C=O) groups is 1. The second-order valence-electron chi connectivity index (χ2n) is 7.08. The molecule has 0 aliphatic carbocycles. The first-order valence-electron chi connectivity index (χ1n) is 9.97. The Kier molecular flexibility index (Phi) is 7.60. The van der Waals surface area contributed by atoms with Gasteiger partial charge in [-0.1, -0.05) is 12.1 Å². The fourth-order valence-electron chi connectivity index (χ4n) is 3.19. The number of amides is 1. The number of guanidine groups is 1. The lowest BCUT2D eigenvalue weighted by Crippen LogP contribution is -2.38. The summed E-state index contributed by atoms with van der Waals surface area (Å²) >= 11 is 1.66. The molecule has 0 spiro atoms. The monoisotopic (exact) mass is 415 g/mol. The SMILES string of the molecule is CCNC(=NCc1cccc(NC(=O)C2CCCO2)c1)N(C)Cc1csc(C)n1. The topological polar surface area (TPSA) is 78.8 Å². The van der Waals surface area contributed by atoms with Gasteiger partial charge in [0.1, 0.15) is 6.10 Å². The molecule has 29 heavy (non-hydrogen) atoms. The van der Waals surface area contributed by atoms with E-state index in [0.717, 1.165) is 47.3 Å². The lowest BCUT2D eigenvalue weighted by atomic mass is 10.2. The van der Waals surface area contributed by atoms with Gasteiger partial charge < -0.3 is 20.3 Å². The van der Waals surface area contributed by atoms with Crippen LogP contribution in [0.4, 0.5) is 5.69 Å². The van der Waals surface area contributed by atoms with E-state index in [4.69, 9.17) is 9.73 Å². The molecule has 1 unspecified atom stereocenters. The summed E-state index contributed by atoms with van der Waals surface area (Å²) in [5, 5.41) is 9.42. The van der Waals surface area contributed by atoms with Gasteiger partial charge in [-0.15, -0.1) is 11.3 Å². The van der Waals surface area contributed by atoms with Crippen LogP contribution < -0.4 is 10.6 Å². The van der Waals surface area contributed by atoms with Crippen LogP contribution in [0.1, 0.15) is 36.0 Å². The zero-order valence-electron chi connectivity index (χ0n) is 17.3. The van der Waals surface area contributed by atoms with Crippen LogP contribution in [0.15, 0.2) is 34.6 Å². The molecule has 1 atom stereocenters. The first kappa shape index (κ1) is 21.3. The van der Waals surface area contributed by atoms with E-state index in [1.807, 2.05) is 38.2 Å². The summed E-state index contributed by atoms with van der Waals surface area (Å²) in [5.41, 5.74) is 2.84. The van der Waals surface area contributed by atoms with Crippen molar-refractivity contribution in [2.24, 2.45) is 4.99 Å². The van der Waals surface area contributed by atoms with Gasteiger partial charge in [0.25, 0.3) is 5.91 Å². The number of aromatic nitrogens is 1. The molecule has 1 saturated heterocycles. The molecule has 8 heteroatoms. The maximum atomic E-state index is 12.3. The normalized spacial score (nSPS) is 16.7. The zero-order chi connectivity index (χ0) is 20.6. The number of hydrogen-bond acceptors (Lipinski definition) is 5. The fourth-order valence-corrected chi connectivity index (χ4v) is 3.79. The van der Waals surface area contributed by atoms with Crippen molar-refractivity contribution in [3.05, 3.63) is 45.9 Å². The Labute approximate surface area is 176 Å². The van der Waals surface area contributed by atoms with E-state index < -0.39 is 0 Å². The number of benzene rings is 1. The highest BCUT2D eigenvalue weighted by Gasteiger charge is 2.23. The summed E-state index contributed by atoms with van der Waals surface area (Å²) in [4.78, 5) is 23.6. The van der Waals surface area contributed by atoms with Gasteiger partial charge in [-0.25, -0.2) is 9.98 Å². The second-order valence-corrected chi connectivity index (χ2v) is 8.14. The van der Waals surface area contributed by atoms with E-state index in [1.54, 1.807) is 11.3 Å². The molecular weight excluding hydrogens is 386 g/mol. The van der Waals surface area contributed by atoms with Crippen LogP contribution in [0.2, 0.25) is 0 Å². The minimum atomic E-state index is -0.333. The molecule has 3 rings (SSSR count). The van der Waals surface area contributed by atoms with Gasteiger partial charge >= 0.3 is 0 Å². The van der Waals surface area contributed by atoms with Crippen LogP contribution in [0.5, 0.6) is 0 Å². The predicted molar refractivity (Wildman–Crippen MR) is 117 cm³/mol. The zero-order valence-corrected chi connectivity index (χ0v) is 18.1. The van der Waals surface area contributed by atoms with Gasteiger partial charge in [0, 0.05) is 31.3 Å². The third kappa shape index (κ3) is 6.27. The molecule has 1 amide bonds. The highest BCUT2D eigenvalue weighted by atomic mass is 32.1. The molecular formula is C21H29N5O2S. The van der Waals surface area contributed by atoms with Gasteiger partial charge in [-0.2, -0.15) is 0 Å². The summed E-state index contributed by atoms with van der Waals surface area (Å²) in [6, 6.07) is 7.80. The first-order chi connectivity index (χ1) is 14.0. The smallest absolute Gasteiger partial charge is 0.253 e. The van der Waals surface area contributed by atoms with Gasteiger partial charge in [0.15, 0.2) is 5.96 Å². The van der Waals surface area contributed by atoms with Crippen LogP contribution in [0.25, 0.3) is 0 Å². The highest BCUT2D eigenvalue weighted by molar-refractivity contribution is 7.09. The maximum absolute atomic E-state index is 12.3. The van der Waals surface area contributed by atoms with Crippen LogP contribution in [0, 0.1) is 6.92 Å². The number of ether oxygens (including phenoxy) is 1. The number of nitrogens with zero attached hydrogens (tertiary/aromatic N) is 3. The molecule has 1 aromatic carbocycles. The van der Waals surface area contributed by atoms with E-state index >= 15 is 0 Å². The van der Waals surface area contributed by atoms with Crippen molar-refractivity contribution >= 4 is 28.9 Å². The van der Waals surface area contributed by atoms with E-state index in [1.165, 1.54) is 0 Å². The van der Waals surface area contributed by atoms with Crippen LogP contribution in [-0.4, -0.2) is 48.1 Å². The van der Waals surface area contributed by atoms with E-state index in [2.05, 4.69) is 32.8 Å². The number of anilines is 1. The number of rotatable bonds is 7. The Morgan fingerprint density at radius 1 is 1.45 bits per heavy atom. The molecule has 156 valence electrons. The molecule has 2 N–H and O–H groups in total. The van der Waals surface area contributed by atoms with Gasteiger partial charge in [0.05, 0.1) is 23.8 Å². The van der Waals surface area contributed by atoms with Crippen molar-refractivity contribution in [3.8, 4) is 0 Å². The molecule has 2 heterocycles. The Morgan fingerprint density at radius 2 is 2.31 bits per heavy atom. The highest BCUT2D eigenvalue weighted by Crippen LogP contribution is 2.17. The van der Waals surface area contributed by atoms with Crippen molar-refractivity contribution in [3.63, 3.8) is 0 Å². The summed E-state index contributed by atoms with van der Waals surface area (Å²) < 4.78 is 5.45. The lowest BCUT2D eigenvalue weighted by molar-refractivity contribution is -0.124. The Hall–Kier alpha value is -2.45. The van der Waals surface area contributed by atoms with Crippen LogP contribution >= 0.6 is 11.3 Å². The quantitative estimate of drug-likeness (QED) is 0.536. The van der Waals surface area contributed by atoms with E-state index in [0.29, 0.717) is 19.7 Å². The third-order valence-electron chi connectivity index (χ3n) is 4.59. The van der Waals surface area contributed by atoms with Crippen molar-refractivity contribution in [2.75, 3.05) is 25.5 Å². The number of aliphatic imine (C=N–C) groups is 1. The maximum Gasteiger partial charge on any atom is 0.253 e.